The largest absolute Gasteiger partial charge is 0.294 e. The summed E-state index contributed by atoms with van der Waals surface area (Å²) in [6.45, 7) is 3.97. The molecule has 1 aliphatic rings. The fraction of sp³-hybridized carbons (Fsp3) is 0.500. The third-order valence-electron chi connectivity index (χ3n) is 3.59. The number of Topliss-reactive ketones (excluding diaryl/α,β-unsaturated/α-hetero) is 1. The Morgan fingerprint density at radius 1 is 1.38 bits per heavy atom. The molecule has 2 heteroatoms. The van der Waals surface area contributed by atoms with Gasteiger partial charge in [-0.3, -0.25) is 4.79 Å². The zero-order valence-electron chi connectivity index (χ0n) is 9.79. The van der Waals surface area contributed by atoms with Gasteiger partial charge < -0.3 is 0 Å². The van der Waals surface area contributed by atoms with E-state index < -0.39 is 0 Å². The number of hydrogen-bond acceptors (Lipinski definition) is 1. The van der Waals surface area contributed by atoms with Gasteiger partial charge in [-0.25, -0.2) is 4.39 Å². The average molecular weight is 220 g/mol. The lowest BCUT2D eigenvalue weighted by Crippen LogP contribution is -2.18. The highest BCUT2D eigenvalue weighted by molar-refractivity contribution is 5.98. The van der Waals surface area contributed by atoms with E-state index >= 15 is 0 Å². The minimum Gasteiger partial charge on any atom is -0.294 e. The molecule has 1 aromatic rings. The number of ketones is 1. The molecule has 1 saturated carbocycles. The van der Waals surface area contributed by atoms with Crippen LogP contribution >= 0.6 is 0 Å². The average Bonchev–Trinajstić information content (AvgIpc) is 2.67. The van der Waals surface area contributed by atoms with Crippen LogP contribution in [0, 0.1) is 24.6 Å². The first-order chi connectivity index (χ1) is 7.59. The van der Waals surface area contributed by atoms with Gasteiger partial charge >= 0.3 is 0 Å². The van der Waals surface area contributed by atoms with Gasteiger partial charge in [0.25, 0.3) is 0 Å². The van der Waals surface area contributed by atoms with Crippen LogP contribution in [0.25, 0.3) is 0 Å². The molecule has 1 fully saturated rings. The minimum absolute atomic E-state index is 0.00815. The van der Waals surface area contributed by atoms with Gasteiger partial charge in [-0.05, 0) is 37.8 Å². The molecule has 0 amide bonds. The Bertz CT molecular complexity index is 411. The van der Waals surface area contributed by atoms with E-state index in [2.05, 4.69) is 6.92 Å². The molecule has 0 N–H and O–H groups in total. The van der Waals surface area contributed by atoms with Crippen molar-refractivity contribution in [2.45, 2.75) is 33.1 Å². The molecular formula is C14H17FO. The van der Waals surface area contributed by atoms with Gasteiger partial charge in [0, 0.05) is 5.92 Å². The topological polar surface area (TPSA) is 17.1 Å². The van der Waals surface area contributed by atoms with Crippen LogP contribution in [0.1, 0.15) is 42.1 Å². The molecule has 86 valence electrons. The molecule has 1 aliphatic carbocycles. The molecule has 0 saturated heterocycles. The van der Waals surface area contributed by atoms with Crippen LogP contribution in [0.2, 0.25) is 0 Å². The van der Waals surface area contributed by atoms with E-state index in [0.29, 0.717) is 5.92 Å². The highest BCUT2D eigenvalue weighted by Gasteiger charge is 2.31. The van der Waals surface area contributed by atoms with Crippen molar-refractivity contribution < 1.29 is 9.18 Å². The van der Waals surface area contributed by atoms with Crippen molar-refractivity contribution in [3.8, 4) is 0 Å². The summed E-state index contributed by atoms with van der Waals surface area (Å²) in [6.07, 6.45) is 3.09. The first-order valence-corrected chi connectivity index (χ1v) is 5.90. The summed E-state index contributed by atoms with van der Waals surface area (Å²) < 4.78 is 13.6. The quantitative estimate of drug-likeness (QED) is 0.694. The zero-order valence-corrected chi connectivity index (χ0v) is 9.79. The number of hydrogen-bond donors (Lipinski definition) is 0. The second-order valence-corrected chi connectivity index (χ2v) is 4.86. The van der Waals surface area contributed by atoms with Gasteiger partial charge in [-0.1, -0.05) is 25.0 Å². The maximum absolute atomic E-state index is 13.6. The first-order valence-electron chi connectivity index (χ1n) is 5.90. The van der Waals surface area contributed by atoms with Gasteiger partial charge in [-0.2, -0.15) is 0 Å². The van der Waals surface area contributed by atoms with Gasteiger partial charge in [0.2, 0.25) is 0 Å². The fourth-order valence-electron chi connectivity index (χ4n) is 2.56. The van der Waals surface area contributed by atoms with Crippen LogP contribution in [0.15, 0.2) is 18.2 Å². The summed E-state index contributed by atoms with van der Waals surface area (Å²) in [5, 5.41) is 0. The van der Waals surface area contributed by atoms with Crippen LogP contribution in [-0.4, -0.2) is 5.78 Å². The van der Waals surface area contributed by atoms with Crippen molar-refractivity contribution in [1.29, 1.82) is 0 Å². The number of aryl methyl sites for hydroxylation is 1. The lowest BCUT2D eigenvalue weighted by atomic mass is 9.89. The predicted molar refractivity (Wildman–Crippen MR) is 62.0 cm³/mol. The van der Waals surface area contributed by atoms with Gasteiger partial charge in [0.05, 0.1) is 5.56 Å². The smallest absolute Gasteiger partial charge is 0.169 e. The maximum Gasteiger partial charge on any atom is 0.169 e. The standard InChI is InChI=1S/C14H17FO/c1-9-6-7-13(15)12(8-9)14(16)11-5-3-4-10(11)2/h6-8,10-11H,3-5H2,1-2H3. The van der Waals surface area contributed by atoms with Crippen LogP contribution in [0.5, 0.6) is 0 Å². The van der Waals surface area contributed by atoms with Gasteiger partial charge in [0.15, 0.2) is 5.78 Å². The number of carbonyl (C=O) groups excluding carboxylic acids is 1. The van der Waals surface area contributed by atoms with E-state index in [-0.39, 0.29) is 23.1 Å². The van der Waals surface area contributed by atoms with E-state index in [1.165, 1.54) is 6.07 Å². The minimum atomic E-state index is -0.380. The molecule has 0 radical (unpaired) electrons. The molecule has 0 heterocycles. The normalized spacial score (nSPS) is 24.7. The first kappa shape index (κ1) is 11.3. The van der Waals surface area contributed by atoms with E-state index in [0.717, 1.165) is 24.8 Å². The Hall–Kier alpha value is -1.18. The SMILES string of the molecule is Cc1ccc(F)c(C(=O)C2CCCC2C)c1. The third kappa shape index (κ3) is 2.01. The molecule has 2 rings (SSSR count). The van der Waals surface area contributed by atoms with Gasteiger partial charge in [0.1, 0.15) is 5.82 Å². The lowest BCUT2D eigenvalue weighted by Gasteiger charge is -2.14. The van der Waals surface area contributed by atoms with Crippen molar-refractivity contribution in [3.05, 3.63) is 35.1 Å². The van der Waals surface area contributed by atoms with Crippen molar-refractivity contribution >= 4 is 5.78 Å². The van der Waals surface area contributed by atoms with E-state index in [9.17, 15) is 9.18 Å². The summed E-state index contributed by atoms with van der Waals surface area (Å²) in [6, 6.07) is 4.76. The van der Waals surface area contributed by atoms with Crippen LogP contribution in [0.4, 0.5) is 4.39 Å². The molecule has 0 spiro atoms. The molecule has 1 aromatic carbocycles. The van der Waals surface area contributed by atoms with Gasteiger partial charge in [-0.15, -0.1) is 0 Å². The molecule has 0 aromatic heterocycles. The molecule has 0 bridgehead atoms. The van der Waals surface area contributed by atoms with E-state index in [1.54, 1.807) is 12.1 Å². The molecule has 2 atom stereocenters. The lowest BCUT2D eigenvalue weighted by molar-refractivity contribution is 0.0893. The monoisotopic (exact) mass is 220 g/mol. The predicted octanol–water partition coefficient (Wildman–Crippen LogP) is 3.75. The van der Waals surface area contributed by atoms with E-state index in [1.807, 2.05) is 6.92 Å². The molecule has 16 heavy (non-hydrogen) atoms. The summed E-state index contributed by atoms with van der Waals surface area (Å²) in [4.78, 5) is 12.2. The summed E-state index contributed by atoms with van der Waals surface area (Å²) >= 11 is 0. The van der Waals surface area contributed by atoms with Crippen LogP contribution in [-0.2, 0) is 0 Å². The fourth-order valence-corrected chi connectivity index (χ4v) is 2.56. The number of carbonyl (C=O) groups is 1. The summed E-state index contributed by atoms with van der Waals surface area (Å²) in [7, 11) is 0. The second-order valence-electron chi connectivity index (χ2n) is 4.86. The Balaban J connectivity index is 2.29. The number of halogens is 1. The number of rotatable bonds is 2. The van der Waals surface area contributed by atoms with Crippen LogP contribution < -0.4 is 0 Å². The summed E-state index contributed by atoms with van der Waals surface area (Å²) in [5.41, 5.74) is 1.22. The Morgan fingerprint density at radius 2 is 2.12 bits per heavy atom. The maximum atomic E-state index is 13.6. The van der Waals surface area contributed by atoms with Crippen molar-refractivity contribution in [1.82, 2.24) is 0 Å². The summed E-state index contributed by atoms with van der Waals surface area (Å²) in [5.74, 6) is 0.0320. The second kappa shape index (κ2) is 4.36. The Morgan fingerprint density at radius 3 is 2.75 bits per heavy atom. The molecule has 1 nitrogen and oxygen atoms in total. The molecule has 2 unspecified atom stereocenters. The molecule has 0 aliphatic heterocycles. The highest BCUT2D eigenvalue weighted by atomic mass is 19.1. The Labute approximate surface area is 95.7 Å². The molecular weight excluding hydrogens is 203 g/mol. The highest BCUT2D eigenvalue weighted by Crippen LogP contribution is 2.34. The van der Waals surface area contributed by atoms with Crippen molar-refractivity contribution in [2.75, 3.05) is 0 Å². The van der Waals surface area contributed by atoms with Crippen LogP contribution in [0.3, 0.4) is 0 Å². The number of benzene rings is 1. The van der Waals surface area contributed by atoms with E-state index in [4.69, 9.17) is 0 Å². The third-order valence-corrected chi connectivity index (χ3v) is 3.59. The Kier molecular flexibility index (Phi) is 3.08. The van der Waals surface area contributed by atoms with Crippen molar-refractivity contribution in [3.63, 3.8) is 0 Å². The zero-order chi connectivity index (χ0) is 11.7. The van der Waals surface area contributed by atoms with Crippen molar-refractivity contribution in [2.24, 2.45) is 11.8 Å².